The molecule has 0 saturated heterocycles. The van der Waals surface area contributed by atoms with Gasteiger partial charge >= 0.3 is 0 Å². The summed E-state index contributed by atoms with van der Waals surface area (Å²) in [5.74, 6) is 0. The van der Waals surface area contributed by atoms with Crippen molar-refractivity contribution >= 4 is 17.1 Å². The highest BCUT2D eigenvalue weighted by molar-refractivity contribution is 5.72. The largest absolute Gasteiger partial charge is 0.397 e. The fraction of sp³-hybridized carbons (Fsp3) is 0.333. The van der Waals surface area contributed by atoms with Crippen LogP contribution < -0.4 is 11.1 Å². The first-order valence-corrected chi connectivity index (χ1v) is 7.76. The number of nitrogens with one attached hydrogen (secondary N) is 1. The first kappa shape index (κ1) is 16.3. The van der Waals surface area contributed by atoms with Crippen molar-refractivity contribution in [3.8, 4) is 0 Å². The second-order valence-corrected chi connectivity index (χ2v) is 5.32. The molecule has 0 saturated carbocycles. The molecular weight excluding hydrogens is 274 g/mol. The molecule has 4 nitrogen and oxygen atoms in total. The Hall–Kier alpha value is -2.04. The van der Waals surface area contributed by atoms with Crippen molar-refractivity contribution in [3.05, 3.63) is 54.1 Å². The third-order valence-electron chi connectivity index (χ3n) is 3.77. The lowest BCUT2D eigenvalue weighted by atomic mass is 10.1. The van der Waals surface area contributed by atoms with E-state index in [4.69, 9.17) is 10.8 Å². The van der Waals surface area contributed by atoms with Crippen molar-refractivity contribution in [2.24, 2.45) is 0 Å². The zero-order chi connectivity index (χ0) is 15.8. The number of hydrogen-bond donors (Lipinski definition) is 3. The van der Waals surface area contributed by atoms with Gasteiger partial charge in [-0.1, -0.05) is 31.2 Å². The quantitative estimate of drug-likeness (QED) is 0.656. The number of nitrogens with zero attached hydrogens (tertiary/aromatic N) is 1. The van der Waals surface area contributed by atoms with Crippen LogP contribution >= 0.6 is 0 Å². The number of nitrogens with two attached hydrogens (primary N) is 1. The molecule has 0 amide bonds. The fourth-order valence-electron chi connectivity index (χ4n) is 2.38. The van der Waals surface area contributed by atoms with E-state index in [1.165, 1.54) is 5.56 Å². The van der Waals surface area contributed by atoms with Crippen LogP contribution in [0.4, 0.5) is 17.1 Å². The van der Waals surface area contributed by atoms with E-state index in [0.29, 0.717) is 0 Å². The summed E-state index contributed by atoms with van der Waals surface area (Å²) in [6.07, 6.45) is 0.988. The first-order valence-electron chi connectivity index (χ1n) is 7.76. The van der Waals surface area contributed by atoms with Crippen LogP contribution in [0.5, 0.6) is 0 Å². The van der Waals surface area contributed by atoms with Gasteiger partial charge in [0.2, 0.25) is 0 Å². The van der Waals surface area contributed by atoms with Gasteiger partial charge in [-0.3, -0.25) is 0 Å². The SMILES string of the molecule is CCN(CCO)CCc1ccc(Nc2ccccc2N)cc1. The predicted octanol–water partition coefficient (Wildman–Crippen LogP) is 2.87. The summed E-state index contributed by atoms with van der Waals surface area (Å²) in [6, 6.07) is 16.2. The van der Waals surface area contributed by atoms with Gasteiger partial charge in [-0.15, -0.1) is 0 Å². The molecule has 0 bridgehead atoms. The molecule has 0 aliphatic carbocycles. The van der Waals surface area contributed by atoms with Crippen molar-refractivity contribution in [1.29, 1.82) is 0 Å². The number of aliphatic hydroxyl groups excluding tert-OH is 1. The number of likely N-dealkylation sites (N-methyl/N-ethyl adjacent to an activating group) is 1. The number of nitrogen functional groups attached to an aromatic ring is 1. The van der Waals surface area contributed by atoms with E-state index in [1.54, 1.807) is 0 Å². The molecule has 0 radical (unpaired) electrons. The van der Waals surface area contributed by atoms with Gasteiger partial charge in [-0.25, -0.2) is 0 Å². The molecule has 0 spiro atoms. The van der Waals surface area contributed by atoms with Crippen LogP contribution in [0.1, 0.15) is 12.5 Å². The van der Waals surface area contributed by atoms with Gasteiger partial charge in [0.25, 0.3) is 0 Å². The number of rotatable bonds is 8. The van der Waals surface area contributed by atoms with Crippen LogP contribution in [0.15, 0.2) is 48.5 Å². The monoisotopic (exact) mass is 299 g/mol. The van der Waals surface area contributed by atoms with E-state index >= 15 is 0 Å². The lowest BCUT2D eigenvalue weighted by Gasteiger charge is -2.19. The van der Waals surface area contributed by atoms with E-state index in [-0.39, 0.29) is 6.61 Å². The summed E-state index contributed by atoms with van der Waals surface area (Å²) in [4.78, 5) is 2.25. The summed E-state index contributed by atoms with van der Waals surface area (Å²) in [5.41, 5.74) is 9.93. The highest BCUT2D eigenvalue weighted by atomic mass is 16.3. The molecule has 118 valence electrons. The van der Waals surface area contributed by atoms with Gasteiger partial charge in [0, 0.05) is 18.8 Å². The summed E-state index contributed by atoms with van der Waals surface area (Å²) < 4.78 is 0. The first-order chi connectivity index (χ1) is 10.7. The van der Waals surface area contributed by atoms with Crippen molar-refractivity contribution in [1.82, 2.24) is 4.90 Å². The third kappa shape index (κ3) is 4.76. The van der Waals surface area contributed by atoms with Gasteiger partial charge in [-0.05, 0) is 42.8 Å². The Bertz CT molecular complexity index is 569. The van der Waals surface area contributed by atoms with Crippen LogP contribution in [0, 0.1) is 0 Å². The van der Waals surface area contributed by atoms with Crippen LogP contribution in [0.2, 0.25) is 0 Å². The molecule has 4 N–H and O–H groups in total. The normalized spacial score (nSPS) is 10.9. The van der Waals surface area contributed by atoms with Crippen LogP contribution in [-0.4, -0.2) is 36.2 Å². The summed E-state index contributed by atoms with van der Waals surface area (Å²) in [6.45, 7) is 5.01. The topological polar surface area (TPSA) is 61.5 Å². The van der Waals surface area contributed by atoms with E-state index in [2.05, 4.69) is 41.4 Å². The maximum absolute atomic E-state index is 9.00. The molecule has 4 heteroatoms. The Balaban J connectivity index is 1.91. The molecule has 0 aliphatic heterocycles. The average Bonchev–Trinajstić information content (AvgIpc) is 2.55. The van der Waals surface area contributed by atoms with Crippen LogP contribution in [0.25, 0.3) is 0 Å². The van der Waals surface area contributed by atoms with Gasteiger partial charge in [-0.2, -0.15) is 0 Å². The van der Waals surface area contributed by atoms with E-state index in [0.717, 1.165) is 43.1 Å². The molecule has 2 rings (SSSR count). The Morgan fingerprint density at radius 2 is 1.77 bits per heavy atom. The minimum absolute atomic E-state index is 0.217. The molecule has 0 aromatic heterocycles. The standard InChI is InChI=1S/C18H25N3O/c1-2-21(13-14-22)12-11-15-7-9-16(10-8-15)20-18-6-4-3-5-17(18)19/h3-10,20,22H,2,11-14,19H2,1H3. The molecule has 2 aromatic rings. The highest BCUT2D eigenvalue weighted by Gasteiger charge is 2.03. The van der Waals surface area contributed by atoms with Crippen LogP contribution in [-0.2, 0) is 6.42 Å². The van der Waals surface area contributed by atoms with Gasteiger partial charge in [0.1, 0.15) is 0 Å². The molecule has 22 heavy (non-hydrogen) atoms. The molecular formula is C18H25N3O. The molecule has 0 aliphatic rings. The van der Waals surface area contributed by atoms with Crippen molar-refractivity contribution in [2.75, 3.05) is 37.3 Å². The maximum Gasteiger partial charge on any atom is 0.0617 e. The predicted molar refractivity (Wildman–Crippen MR) is 93.5 cm³/mol. The van der Waals surface area contributed by atoms with Gasteiger partial charge in [0.15, 0.2) is 0 Å². The molecule has 0 atom stereocenters. The van der Waals surface area contributed by atoms with E-state index < -0.39 is 0 Å². The zero-order valence-electron chi connectivity index (χ0n) is 13.1. The summed E-state index contributed by atoms with van der Waals surface area (Å²) in [7, 11) is 0. The summed E-state index contributed by atoms with van der Waals surface area (Å²) in [5, 5.41) is 12.3. The summed E-state index contributed by atoms with van der Waals surface area (Å²) >= 11 is 0. The second-order valence-electron chi connectivity index (χ2n) is 5.32. The Morgan fingerprint density at radius 1 is 1.05 bits per heavy atom. The van der Waals surface area contributed by atoms with Gasteiger partial charge < -0.3 is 21.1 Å². The third-order valence-corrected chi connectivity index (χ3v) is 3.77. The number of anilines is 3. The minimum Gasteiger partial charge on any atom is -0.397 e. The molecule has 0 unspecified atom stereocenters. The zero-order valence-corrected chi connectivity index (χ0v) is 13.1. The molecule has 0 fully saturated rings. The molecule has 2 aromatic carbocycles. The highest BCUT2D eigenvalue weighted by Crippen LogP contribution is 2.22. The van der Waals surface area contributed by atoms with E-state index in [1.807, 2.05) is 24.3 Å². The number of hydrogen-bond acceptors (Lipinski definition) is 4. The Kier molecular flexibility index (Phi) is 6.25. The number of para-hydroxylation sites is 2. The van der Waals surface area contributed by atoms with Gasteiger partial charge in [0.05, 0.1) is 18.0 Å². The smallest absolute Gasteiger partial charge is 0.0617 e. The lowest BCUT2D eigenvalue weighted by molar-refractivity contribution is 0.203. The van der Waals surface area contributed by atoms with E-state index in [9.17, 15) is 0 Å². The Morgan fingerprint density at radius 3 is 2.41 bits per heavy atom. The van der Waals surface area contributed by atoms with Crippen molar-refractivity contribution < 1.29 is 5.11 Å². The number of benzene rings is 2. The van der Waals surface area contributed by atoms with Crippen molar-refractivity contribution in [2.45, 2.75) is 13.3 Å². The Labute approximate surface area is 132 Å². The second kappa shape index (κ2) is 8.41. The minimum atomic E-state index is 0.217. The number of aliphatic hydroxyl groups is 1. The maximum atomic E-state index is 9.00. The average molecular weight is 299 g/mol. The molecule has 0 heterocycles. The lowest BCUT2D eigenvalue weighted by Crippen LogP contribution is -2.28. The van der Waals surface area contributed by atoms with Crippen LogP contribution in [0.3, 0.4) is 0 Å². The van der Waals surface area contributed by atoms with Crippen molar-refractivity contribution in [3.63, 3.8) is 0 Å². The fourth-order valence-corrected chi connectivity index (χ4v) is 2.38.